The highest BCUT2D eigenvalue weighted by Crippen LogP contribution is 2.19. The number of aliphatic hydroxyl groups is 1. The minimum Gasteiger partial charge on any atom is -0.382 e. The van der Waals surface area contributed by atoms with Crippen molar-refractivity contribution in [3.05, 3.63) is 0 Å². The van der Waals surface area contributed by atoms with E-state index in [0.29, 0.717) is 6.42 Å². The number of alkyl halides is 3. The first kappa shape index (κ1) is 15.7. The molecule has 0 bridgehead atoms. The average molecular weight is 263 g/mol. The third kappa shape index (κ3) is 7.02. The molecule has 0 aromatic heterocycles. The van der Waals surface area contributed by atoms with Gasteiger partial charge in [-0.2, -0.15) is 13.2 Å². The van der Waals surface area contributed by atoms with Crippen LogP contribution in [0.1, 0.15) is 20.3 Å². The van der Waals surface area contributed by atoms with Gasteiger partial charge in [-0.25, -0.2) is 13.1 Å². The quantitative estimate of drug-likeness (QED) is 0.747. The van der Waals surface area contributed by atoms with E-state index in [1.807, 2.05) is 0 Å². The van der Waals surface area contributed by atoms with E-state index in [0.717, 1.165) is 0 Å². The molecule has 0 heterocycles. The first-order valence-electron chi connectivity index (χ1n) is 4.76. The van der Waals surface area contributed by atoms with Crippen molar-refractivity contribution >= 4 is 10.0 Å². The van der Waals surface area contributed by atoms with E-state index in [2.05, 4.69) is 0 Å². The fourth-order valence-electron chi connectivity index (χ4n) is 0.785. The van der Waals surface area contributed by atoms with Gasteiger partial charge in [0.05, 0.1) is 5.75 Å². The molecule has 16 heavy (non-hydrogen) atoms. The van der Waals surface area contributed by atoms with Crippen molar-refractivity contribution in [2.75, 3.05) is 12.3 Å². The summed E-state index contributed by atoms with van der Waals surface area (Å²) in [6.45, 7) is 2.57. The van der Waals surface area contributed by atoms with E-state index in [4.69, 9.17) is 5.11 Å². The number of hydrogen-bond donors (Lipinski definition) is 2. The molecule has 0 aliphatic rings. The summed E-state index contributed by atoms with van der Waals surface area (Å²) in [5.41, 5.74) is 0. The number of sulfonamides is 1. The van der Waals surface area contributed by atoms with E-state index in [1.165, 1.54) is 0 Å². The smallest absolute Gasteiger partial charge is 0.382 e. The molecule has 2 N–H and O–H groups in total. The summed E-state index contributed by atoms with van der Waals surface area (Å²) in [6.07, 6.45) is -7.11. The molecule has 1 unspecified atom stereocenters. The Morgan fingerprint density at radius 3 is 2.19 bits per heavy atom. The second-order valence-corrected chi connectivity index (χ2v) is 5.83. The lowest BCUT2D eigenvalue weighted by atomic mass is 10.2. The van der Waals surface area contributed by atoms with Crippen molar-refractivity contribution in [3.63, 3.8) is 0 Å². The highest BCUT2D eigenvalue weighted by atomic mass is 32.2. The van der Waals surface area contributed by atoms with Gasteiger partial charge in [-0.05, 0) is 12.3 Å². The molecular weight excluding hydrogens is 247 g/mol. The molecule has 0 aromatic rings. The van der Waals surface area contributed by atoms with E-state index in [1.54, 1.807) is 18.6 Å². The first-order valence-corrected chi connectivity index (χ1v) is 6.42. The summed E-state index contributed by atoms with van der Waals surface area (Å²) in [5, 5.41) is 8.57. The van der Waals surface area contributed by atoms with Crippen LogP contribution in [0, 0.1) is 5.92 Å². The maximum atomic E-state index is 11.9. The molecule has 1 atom stereocenters. The van der Waals surface area contributed by atoms with Crippen molar-refractivity contribution < 1.29 is 26.7 Å². The lowest BCUT2D eigenvalue weighted by molar-refractivity contribution is -0.200. The molecule has 0 spiro atoms. The van der Waals surface area contributed by atoms with Crippen molar-refractivity contribution in [1.82, 2.24) is 4.72 Å². The van der Waals surface area contributed by atoms with Crippen molar-refractivity contribution in [2.45, 2.75) is 32.5 Å². The maximum Gasteiger partial charge on any atom is 0.415 e. The molecule has 0 radical (unpaired) electrons. The predicted molar refractivity (Wildman–Crippen MR) is 53.3 cm³/mol. The van der Waals surface area contributed by atoms with Crippen LogP contribution in [-0.4, -0.2) is 38.1 Å². The lowest BCUT2D eigenvalue weighted by Crippen LogP contribution is -2.41. The van der Waals surface area contributed by atoms with Gasteiger partial charge in [-0.3, -0.25) is 0 Å². The fraction of sp³-hybridized carbons (Fsp3) is 1.00. The summed E-state index contributed by atoms with van der Waals surface area (Å²) < 4.78 is 59.6. The number of nitrogens with one attached hydrogen (secondary N) is 1. The topological polar surface area (TPSA) is 66.4 Å². The minimum absolute atomic E-state index is 0.143. The van der Waals surface area contributed by atoms with Crippen LogP contribution in [-0.2, 0) is 10.0 Å². The Hall–Kier alpha value is -0.340. The van der Waals surface area contributed by atoms with Gasteiger partial charge in [0, 0.05) is 6.54 Å². The van der Waals surface area contributed by atoms with Gasteiger partial charge in [0.15, 0.2) is 6.10 Å². The summed E-state index contributed by atoms with van der Waals surface area (Å²) in [4.78, 5) is 0. The van der Waals surface area contributed by atoms with Gasteiger partial charge in [0.2, 0.25) is 10.0 Å². The van der Waals surface area contributed by atoms with E-state index >= 15 is 0 Å². The number of rotatable bonds is 6. The van der Waals surface area contributed by atoms with Crippen LogP contribution in [0.3, 0.4) is 0 Å². The second kappa shape index (κ2) is 5.83. The second-order valence-electron chi connectivity index (χ2n) is 3.91. The molecule has 4 nitrogen and oxygen atoms in total. The Bertz CT molecular complexity index is 300. The SMILES string of the molecule is CC(C)CCS(=O)(=O)NCC(O)C(F)(F)F. The standard InChI is InChI=1S/C8H16F3NO3S/c1-6(2)3-4-16(14,15)12-5-7(13)8(9,10)11/h6-7,12-13H,3-5H2,1-2H3. The molecular formula is C8H16F3NO3S. The molecule has 0 aliphatic carbocycles. The van der Waals surface area contributed by atoms with Crippen LogP contribution in [0.5, 0.6) is 0 Å². The molecule has 8 heteroatoms. The summed E-state index contributed by atoms with van der Waals surface area (Å²) in [6, 6.07) is 0. The maximum absolute atomic E-state index is 11.9. The lowest BCUT2D eigenvalue weighted by Gasteiger charge is -2.15. The van der Waals surface area contributed by atoms with Crippen molar-refractivity contribution in [3.8, 4) is 0 Å². The Balaban J connectivity index is 4.10. The first-order chi connectivity index (χ1) is 7.04. The largest absolute Gasteiger partial charge is 0.415 e. The van der Waals surface area contributed by atoms with Gasteiger partial charge in [-0.15, -0.1) is 0 Å². The fourth-order valence-corrected chi connectivity index (χ4v) is 2.12. The zero-order valence-electron chi connectivity index (χ0n) is 9.08. The molecule has 0 aliphatic heterocycles. The van der Waals surface area contributed by atoms with Gasteiger partial charge >= 0.3 is 6.18 Å². The molecule has 98 valence electrons. The number of aliphatic hydroxyl groups excluding tert-OH is 1. The third-order valence-corrected chi connectivity index (χ3v) is 3.22. The summed E-state index contributed by atoms with van der Waals surface area (Å²) in [7, 11) is -3.74. The van der Waals surface area contributed by atoms with Crippen LogP contribution in [0.2, 0.25) is 0 Å². The van der Waals surface area contributed by atoms with Crippen LogP contribution < -0.4 is 4.72 Å². The third-order valence-electron chi connectivity index (χ3n) is 1.84. The minimum atomic E-state index is -4.80. The highest BCUT2D eigenvalue weighted by Gasteiger charge is 2.38. The van der Waals surface area contributed by atoms with Crippen LogP contribution in [0.15, 0.2) is 0 Å². The van der Waals surface area contributed by atoms with Crippen molar-refractivity contribution in [1.29, 1.82) is 0 Å². The Morgan fingerprint density at radius 1 is 1.31 bits per heavy atom. The molecule has 0 saturated carbocycles. The monoisotopic (exact) mass is 263 g/mol. The molecule has 0 amide bonds. The summed E-state index contributed by atoms with van der Waals surface area (Å²) in [5.74, 6) is -0.0981. The van der Waals surface area contributed by atoms with E-state index in [9.17, 15) is 21.6 Å². The Labute approximate surface area is 92.9 Å². The molecule has 0 saturated heterocycles. The number of halogens is 3. The van der Waals surface area contributed by atoms with Crippen molar-refractivity contribution in [2.24, 2.45) is 5.92 Å². The Morgan fingerprint density at radius 2 is 1.81 bits per heavy atom. The average Bonchev–Trinajstić information content (AvgIpc) is 2.10. The molecule has 0 rings (SSSR count). The predicted octanol–water partition coefficient (Wildman–Crippen LogP) is 0.875. The van der Waals surface area contributed by atoms with Gasteiger partial charge in [0.1, 0.15) is 0 Å². The number of hydrogen-bond acceptors (Lipinski definition) is 3. The van der Waals surface area contributed by atoms with Crippen LogP contribution >= 0.6 is 0 Å². The zero-order valence-corrected chi connectivity index (χ0v) is 9.90. The van der Waals surface area contributed by atoms with Gasteiger partial charge in [0.25, 0.3) is 0 Å². The normalized spacial score (nSPS) is 15.4. The highest BCUT2D eigenvalue weighted by molar-refractivity contribution is 7.89. The Kier molecular flexibility index (Phi) is 5.71. The van der Waals surface area contributed by atoms with Gasteiger partial charge in [-0.1, -0.05) is 13.8 Å². The van der Waals surface area contributed by atoms with Crippen LogP contribution in [0.25, 0.3) is 0 Å². The van der Waals surface area contributed by atoms with E-state index in [-0.39, 0.29) is 11.7 Å². The summed E-state index contributed by atoms with van der Waals surface area (Å²) >= 11 is 0. The molecule has 0 fully saturated rings. The molecule has 0 aromatic carbocycles. The van der Waals surface area contributed by atoms with E-state index < -0.39 is 28.8 Å². The zero-order chi connectivity index (χ0) is 13.0. The van der Waals surface area contributed by atoms with Gasteiger partial charge < -0.3 is 5.11 Å². The van der Waals surface area contributed by atoms with Crippen LogP contribution in [0.4, 0.5) is 13.2 Å².